The highest BCUT2D eigenvalue weighted by atomic mass is 14.5. The summed E-state index contributed by atoms with van der Waals surface area (Å²) in [5.41, 5.74) is 21.5. The Morgan fingerprint density at radius 1 is 0.459 bits per heavy atom. The quantitative estimate of drug-likeness (QED) is 0.163. The predicted octanol–water partition coefficient (Wildman–Crippen LogP) is 9.26. The van der Waals surface area contributed by atoms with Crippen LogP contribution in [-0.2, 0) is 0 Å². The molecular formula is C35H42N2. The first kappa shape index (κ1) is 26.5. The molecule has 2 atom stereocenters. The van der Waals surface area contributed by atoms with Gasteiger partial charge in [0.1, 0.15) is 0 Å². The van der Waals surface area contributed by atoms with E-state index < -0.39 is 0 Å². The summed E-state index contributed by atoms with van der Waals surface area (Å²) in [6.45, 7) is 6.81. The van der Waals surface area contributed by atoms with Gasteiger partial charge in [-0.15, -0.1) is 0 Å². The lowest BCUT2D eigenvalue weighted by Gasteiger charge is -2.21. The standard InChI is InChI=1S/C35H42N2/c1-4-5-6-7-8-35(31-13-9-27(10-14-31)25(2)29-17-21-33(36)22-18-29)32-15-11-28(12-16-32)26(3)30-19-23-34(37)24-20-30/h9-26,35H,4-8,36-37H2,1-3H3. The highest BCUT2D eigenvalue weighted by Crippen LogP contribution is 2.34. The first-order valence-electron chi connectivity index (χ1n) is 13.9. The highest BCUT2D eigenvalue weighted by Gasteiger charge is 2.17. The summed E-state index contributed by atoms with van der Waals surface area (Å²) in [7, 11) is 0. The van der Waals surface area contributed by atoms with Crippen molar-refractivity contribution in [3.8, 4) is 0 Å². The van der Waals surface area contributed by atoms with Crippen molar-refractivity contribution < 1.29 is 0 Å². The van der Waals surface area contributed by atoms with E-state index in [9.17, 15) is 0 Å². The topological polar surface area (TPSA) is 52.0 Å². The lowest BCUT2D eigenvalue weighted by Crippen LogP contribution is -2.04. The van der Waals surface area contributed by atoms with Crippen molar-refractivity contribution in [2.45, 2.75) is 70.6 Å². The molecule has 0 aliphatic rings. The molecule has 192 valence electrons. The van der Waals surface area contributed by atoms with Gasteiger partial charge in [0.15, 0.2) is 0 Å². The lowest BCUT2D eigenvalue weighted by molar-refractivity contribution is 0.596. The second kappa shape index (κ2) is 12.6. The lowest BCUT2D eigenvalue weighted by atomic mass is 9.83. The van der Waals surface area contributed by atoms with E-state index >= 15 is 0 Å². The van der Waals surface area contributed by atoms with Crippen LogP contribution in [0.25, 0.3) is 0 Å². The fourth-order valence-corrected chi connectivity index (χ4v) is 5.29. The number of nitrogen functional groups attached to an aromatic ring is 2. The molecule has 0 heterocycles. The van der Waals surface area contributed by atoms with Crippen LogP contribution in [-0.4, -0.2) is 0 Å². The van der Waals surface area contributed by atoms with Crippen LogP contribution < -0.4 is 11.5 Å². The Labute approximate surface area is 223 Å². The molecule has 2 nitrogen and oxygen atoms in total. The first-order chi connectivity index (χ1) is 18.0. The fraction of sp³-hybridized carbons (Fsp3) is 0.314. The maximum Gasteiger partial charge on any atom is 0.0314 e. The molecule has 0 amide bonds. The monoisotopic (exact) mass is 490 g/mol. The second-order valence-electron chi connectivity index (χ2n) is 10.5. The molecule has 0 spiro atoms. The molecule has 37 heavy (non-hydrogen) atoms. The molecule has 4 aromatic rings. The summed E-state index contributed by atoms with van der Waals surface area (Å²) in [6, 6.07) is 35.1. The minimum atomic E-state index is 0.340. The van der Waals surface area contributed by atoms with Crippen molar-refractivity contribution in [3.63, 3.8) is 0 Å². The summed E-state index contributed by atoms with van der Waals surface area (Å²) in [5.74, 6) is 1.09. The third-order valence-corrected chi connectivity index (χ3v) is 7.90. The highest BCUT2D eigenvalue weighted by molar-refractivity contribution is 5.45. The van der Waals surface area contributed by atoms with Crippen molar-refractivity contribution in [2.24, 2.45) is 0 Å². The maximum atomic E-state index is 5.89. The molecule has 4 N–H and O–H groups in total. The van der Waals surface area contributed by atoms with Crippen LogP contribution in [0.4, 0.5) is 11.4 Å². The number of rotatable bonds is 11. The predicted molar refractivity (Wildman–Crippen MR) is 160 cm³/mol. The minimum Gasteiger partial charge on any atom is -0.399 e. The van der Waals surface area contributed by atoms with Crippen molar-refractivity contribution >= 4 is 11.4 Å². The summed E-state index contributed by atoms with van der Waals surface area (Å²) < 4.78 is 0. The zero-order chi connectivity index (χ0) is 26.2. The molecule has 2 heteroatoms. The van der Waals surface area contributed by atoms with Gasteiger partial charge in [-0.3, -0.25) is 0 Å². The van der Waals surface area contributed by atoms with Crippen LogP contribution in [0.2, 0.25) is 0 Å². The van der Waals surface area contributed by atoms with Crippen LogP contribution >= 0.6 is 0 Å². The van der Waals surface area contributed by atoms with E-state index in [0.29, 0.717) is 17.8 Å². The van der Waals surface area contributed by atoms with Gasteiger partial charge in [0.25, 0.3) is 0 Å². The fourth-order valence-electron chi connectivity index (χ4n) is 5.29. The third-order valence-electron chi connectivity index (χ3n) is 7.90. The molecule has 4 rings (SSSR count). The summed E-state index contributed by atoms with van der Waals surface area (Å²) in [4.78, 5) is 0. The van der Waals surface area contributed by atoms with Gasteiger partial charge in [0, 0.05) is 29.1 Å². The Balaban J connectivity index is 1.54. The van der Waals surface area contributed by atoms with Crippen LogP contribution in [0, 0.1) is 0 Å². The Morgan fingerprint density at radius 2 is 0.784 bits per heavy atom. The van der Waals surface area contributed by atoms with E-state index in [4.69, 9.17) is 11.5 Å². The summed E-state index contributed by atoms with van der Waals surface area (Å²) >= 11 is 0. The van der Waals surface area contributed by atoms with E-state index in [1.807, 2.05) is 24.3 Å². The van der Waals surface area contributed by atoms with Crippen LogP contribution in [0.15, 0.2) is 97.1 Å². The largest absolute Gasteiger partial charge is 0.399 e. The molecule has 2 unspecified atom stereocenters. The molecular weight excluding hydrogens is 448 g/mol. The van der Waals surface area contributed by atoms with Gasteiger partial charge in [0.2, 0.25) is 0 Å². The number of benzene rings is 4. The Hall–Kier alpha value is -3.52. The third kappa shape index (κ3) is 6.83. The molecule has 0 aromatic heterocycles. The number of anilines is 2. The molecule has 0 aliphatic heterocycles. The normalized spacial score (nSPS) is 13.7. The van der Waals surface area contributed by atoms with E-state index in [1.165, 1.54) is 65.5 Å². The molecule has 0 fully saturated rings. The van der Waals surface area contributed by atoms with Crippen LogP contribution in [0.3, 0.4) is 0 Å². The minimum absolute atomic E-state index is 0.340. The Bertz CT molecular complexity index is 1130. The molecule has 4 aromatic carbocycles. The Morgan fingerprint density at radius 3 is 1.14 bits per heavy atom. The van der Waals surface area contributed by atoms with Gasteiger partial charge < -0.3 is 11.5 Å². The number of hydrogen-bond acceptors (Lipinski definition) is 2. The maximum absolute atomic E-state index is 5.89. The average Bonchev–Trinajstić information content (AvgIpc) is 2.93. The van der Waals surface area contributed by atoms with Crippen LogP contribution in [0.5, 0.6) is 0 Å². The van der Waals surface area contributed by atoms with Crippen molar-refractivity contribution in [3.05, 3.63) is 130 Å². The number of hydrogen-bond donors (Lipinski definition) is 2. The van der Waals surface area contributed by atoms with Gasteiger partial charge in [-0.2, -0.15) is 0 Å². The van der Waals surface area contributed by atoms with Crippen molar-refractivity contribution in [2.75, 3.05) is 11.5 Å². The SMILES string of the molecule is CCCCCCC(c1ccc(C(C)c2ccc(N)cc2)cc1)c1ccc(C(C)c2ccc(N)cc2)cc1. The molecule has 0 saturated heterocycles. The zero-order valence-electron chi connectivity index (χ0n) is 22.7. The zero-order valence-corrected chi connectivity index (χ0v) is 22.7. The number of unbranched alkanes of at least 4 members (excludes halogenated alkanes) is 3. The molecule has 0 bridgehead atoms. The molecule has 0 saturated carbocycles. The van der Waals surface area contributed by atoms with Gasteiger partial charge in [-0.05, 0) is 64.1 Å². The smallest absolute Gasteiger partial charge is 0.0314 e. The van der Waals surface area contributed by atoms with Crippen molar-refractivity contribution in [1.29, 1.82) is 0 Å². The number of nitrogens with two attached hydrogens (primary N) is 2. The average molecular weight is 491 g/mol. The summed E-state index contributed by atoms with van der Waals surface area (Å²) in [6.07, 6.45) is 6.31. The molecule has 0 aliphatic carbocycles. The summed E-state index contributed by atoms with van der Waals surface area (Å²) in [5, 5.41) is 0. The van der Waals surface area contributed by atoms with Crippen LogP contribution in [0.1, 0.15) is 104 Å². The Kier molecular flexibility index (Phi) is 9.06. The van der Waals surface area contributed by atoms with Gasteiger partial charge in [-0.25, -0.2) is 0 Å². The van der Waals surface area contributed by atoms with E-state index in [1.54, 1.807) is 0 Å². The van der Waals surface area contributed by atoms with E-state index in [0.717, 1.165) is 11.4 Å². The van der Waals surface area contributed by atoms with E-state index in [2.05, 4.69) is 93.6 Å². The second-order valence-corrected chi connectivity index (χ2v) is 10.5. The van der Waals surface area contributed by atoms with Gasteiger partial charge in [-0.1, -0.05) is 119 Å². The van der Waals surface area contributed by atoms with Gasteiger partial charge >= 0.3 is 0 Å². The first-order valence-corrected chi connectivity index (χ1v) is 13.9. The molecule has 0 radical (unpaired) electrons. The van der Waals surface area contributed by atoms with Gasteiger partial charge in [0.05, 0.1) is 0 Å². The van der Waals surface area contributed by atoms with E-state index in [-0.39, 0.29) is 0 Å². The van der Waals surface area contributed by atoms with Crippen molar-refractivity contribution in [1.82, 2.24) is 0 Å².